The number of hydrogen-bond acceptors (Lipinski definition) is 0. The van der Waals surface area contributed by atoms with Gasteiger partial charge in [-0.15, -0.1) is 0 Å². The van der Waals surface area contributed by atoms with E-state index in [-0.39, 0.29) is 0 Å². The largest absolute Gasteiger partial charge is 0.0622 e. The fraction of sp³-hybridized carbons (Fsp3) is 0.0769. The van der Waals surface area contributed by atoms with Crippen LogP contribution in [0.15, 0.2) is 60.7 Å². The van der Waals surface area contributed by atoms with Gasteiger partial charge >= 0.3 is 0 Å². The summed E-state index contributed by atoms with van der Waals surface area (Å²) < 4.78 is 0. The van der Waals surface area contributed by atoms with Crippen LogP contribution >= 0.6 is 0 Å². The maximum atomic E-state index is 2.89. The normalized spacial score (nSPS) is 10.4. The Balaban J connectivity index is 2.30. The third-order valence-corrected chi connectivity index (χ3v) is 3.09. The van der Waals surface area contributed by atoms with Crippen LogP contribution in [-0.2, 0) is 0 Å². The molecule has 0 aliphatic carbocycles. The Labute approximate surface area is 88.0 Å². The highest BCUT2D eigenvalue weighted by Crippen LogP contribution is 2.20. The Kier molecular flexibility index (Phi) is 2.80. The van der Waals surface area contributed by atoms with Crippen molar-refractivity contribution in [1.82, 2.24) is 0 Å². The van der Waals surface area contributed by atoms with Gasteiger partial charge in [0.25, 0.3) is 0 Å². The maximum absolute atomic E-state index is 2.89. The monoisotopic (exact) mass is 196 g/mol. The summed E-state index contributed by atoms with van der Waals surface area (Å²) in [6.45, 7) is 0. The van der Waals surface area contributed by atoms with Gasteiger partial charge in [-0.05, 0) is 16.7 Å². The molecule has 0 saturated carbocycles. The quantitative estimate of drug-likeness (QED) is 0.648. The van der Waals surface area contributed by atoms with Crippen molar-refractivity contribution in [3.8, 4) is 0 Å². The fourth-order valence-electron chi connectivity index (χ4n) is 1.51. The zero-order valence-corrected chi connectivity index (χ0v) is 9.08. The predicted octanol–water partition coefficient (Wildman–Crippen LogP) is 2.68. The van der Waals surface area contributed by atoms with E-state index >= 15 is 0 Å². The Morgan fingerprint density at radius 2 is 1.00 bits per heavy atom. The van der Waals surface area contributed by atoms with E-state index in [1.807, 2.05) is 12.1 Å². The lowest BCUT2D eigenvalue weighted by atomic mass is 10.0. The summed E-state index contributed by atoms with van der Waals surface area (Å²) in [5.74, 6) is 0. The summed E-state index contributed by atoms with van der Waals surface area (Å²) in [6, 6.07) is 21.0. The molecule has 2 aromatic carbocycles. The molecule has 0 aromatic heterocycles. The summed E-state index contributed by atoms with van der Waals surface area (Å²) in [4.78, 5) is 0. The van der Waals surface area contributed by atoms with Gasteiger partial charge in [0.1, 0.15) is 0 Å². The summed E-state index contributed by atoms with van der Waals surface area (Å²) in [5, 5.41) is 0. The molecule has 0 bridgehead atoms. The van der Waals surface area contributed by atoms with Gasteiger partial charge in [0.15, 0.2) is 0 Å². The average molecular weight is 196 g/mol. The van der Waals surface area contributed by atoms with E-state index < -0.39 is 0 Å². The molecule has 0 aliphatic rings. The van der Waals surface area contributed by atoms with Crippen LogP contribution in [0.3, 0.4) is 0 Å². The van der Waals surface area contributed by atoms with Crippen LogP contribution in [0.1, 0.15) is 16.7 Å². The average Bonchev–Trinajstić information content (AvgIpc) is 2.30. The molecule has 0 unspecified atom stereocenters. The first-order valence-electron chi connectivity index (χ1n) is 4.73. The van der Waals surface area contributed by atoms with Crippen molar-refractivity contribution < 1.29 is 0 Å². The smallest absolute Gasteiger partial charge is 0.0311 e. The molecule has 0 heterocycles. The number of rotatable bonds is 2. The molecular weight excluding hydrogens is 184 g/mol. The molecule has 14 heavy (non-hydrogen) atoms. The zero-order chi connectivity index (χ0) is 9.80. The Morgan fingerprint density at radius 1 is 0.643 bits per heavy atom. The molecule has 0 amide bonds. The SMILES string of the molecule is [SiH]C(c1ccccc1)c1ccccc1. The van der Waals surface area contributed by atoms with E-state index in [1.165, 1.54) is 11.1 Å². The van der Waals surface area contributed by atoms with Crippen molar-refractivity contribution in [2.45, 2.75) is 5.54 Å². The molecule has 0 spiro atoms. The molecule has 0 nitrogen and oxygen atoms in total. The summed E-state index contributed by atoms with van der Waals surface area (Å²) >= 11 is 0. The molecule has 0 fully saturated rings. The summed E-state index contributed by atoms with van der Waals surface area (Å²) in [5.41, 5.74) is 3.07. The minimum Gasteiger partial charge on any atom is -0.0622 e. The van der Waals surface area contributed by atoms with Crippen molar-refractivity contribution in [2.75, 3.05) is 0 Å². The first-order chi connectivity index (χ1) is 6.88. The lowest BCUT2D eigenvalue weighted by molar-refractivity contribution is 1.14. The van der Waals surface area contributed by atoms with E-state index in [9.17, 15) is 0 Å². The van der Waals surface area contributed by atoms with E-state index in [2.05, 4.69) is 58.8 Å². The van der Waals surface area contributed by atoms with Gasteiger partial charge < -0.3 is 0 Å². The van der Waals surface area contributed by atoms with Crippen LogP contribution in [0.5, 0.6) is 0 Å². The first kappa shape index (κ1) is 9.22. The van der Waals surface area contributed by atoms with E-state index in [0.29, 0.717) is 5.54 Å². The molecule has 2 aromatic rings. The Bertz CT molecular complexity index is 341. The molecule has 2 rings (SSSR count). The highest BCUT2D eigenvalue weighted by Gasteiger charge is 2.05. The van der Waals surface area contributed by atoms with Crippen molar-refractivity contribution in [3.63, 3.8) is 0 Å². The molecule has 68 valence electrons. The van der Waals surface area contributed by atoms with Crippen LogP contribution in [0.25, 0.3) is 0 Å². The van der Waals surface area contributed by atoms with Crippen LogP contribution < -0.4 is 0 Å². The van der Waals surface area contributed by atoms with Crippen LogP contribution in [-0.4, -0.2) is 10.2 Å². The second-order valence-corrected chi connectivity index (χ2v) is 3.97. The van der Waals surface area contributed by atoms with Gasteiger partial charge in [0, 0.05) is 10.2 Å². The van der Waals surface area contributed by atoms with Crippen LogP contribution in [0.2, 0.25) is 0 Å². The highest BCUT2D eigenvalue weighted by atomic mass is 28.1. The van der Waals surface area contributed by atoms with Gasteiger partial charge in [-0.1, -0.05) is 60.7 Å². The Morgan fingerprint density at radius 3 is 1.36 bits per heavy atom. The predicted molar refractivity (Wildman–Crippen MR) is 61.9 cm³/mol. The third kappa shape index (κ3) is 1.94. The second kappa shape index (κ2) is 4.25. The van der Waals surface area contributed by atoms with Gasteiger partial charge in [0.2, 0.25) is 0 Å². The highest BCUT2D eigenvalue weighted by molar-refractivity contribution is 6.14. The number of hydrogen-bond donors (Lipinski definition) is 0. The van der Waals surface area contributed by atoms with Crippen LogP contribution in [0, 0.1) is 0 Å². The summed E-state index contributed by atoms with van der Waals surface area (Å²) in [6.07, 6.45) is 0. The van der Waals surface area contributed by atoms with Crippen molar-refractivity contribution in [1.29, 1.82) is 0 Å². The molecule has 2 radical (unpaired) electrons. The standard InChI is InChI=1S/C13H12Si/c14-13(11-7-3-1-4-8-11)12-9-5-2-6-10-12/h1-10,13-14H. The van der Waals surface area contributed by atoms with E-state index in [1.54, 1.807) is 0 Å². The lowest BCUT2D eigenvalue weighted by Crippen LogP contribution is -1.99. The first-order valence-corrected chi connectivity index (χ1v) is 5.40. The lowest BCUT2D eigenvalue weighted by Gasteiger charge is -2.11. The topological polar surface area (TPSA) is 0 Å². The van der Waals surface area contributed by atoms with Crippen LogP contribution in [0.4, 0.5) is 0 Å². The fourth-order valence-corrected chi connectivity index (χ4v) is 1.96. The van der Waals surface area contributed by atoms with Gasteiger partial charge in [0.05, 0.1) is 0 Å². The minimum atomic E-state index is 0.400. The Hall–Kier alpha value is -1.34. The molecular formula is C13H12Si. The van der Waals surface area contributed by atoms with Crippen molar-refractivity contribution in [3.05, 3.63) is 71.8 Å². The molecule has 0 saturated heterocycles. The molecule has 0 atom stereocenters. The van der Waals surface area contributed by atoms with Gasteiger partial charge in [-0.25, -0.2) is 0 Å². The van der Waals surface area contributed by atoms with Crippen molar-refractivity contribution in [2.24, 2.45) is 0 Å². The second-order valence-electron chi connectivity index (χ2n) is 3.30. The summed E-state index contributed by atoms with van der Waals surface area (Å²) in [7, 11) is 2.89. The van der Waals surface area contributed by atoms with Crippen molar-refractivity contribution >= 4 is 10.2 Å². The minimum absolute atomic E-state index is 0.400. The third-order valence-electron chi connectivity index (χ3n) is 2.32. The molecule has 0 aliphatic heterocycles. The molecule has 0 N–H and O–H groups in total. The number of benzene rings is 2. The zero-order valence-electron chi connectivity index (χ0n) is 7.93. The van der Waals surface area contributed by atoms with Gasteiger partial charge in [-0.3, -0.25) is 0 Å². The maximum Gasteiger partial charge on any atom is 0.0311 e. The van der Waals surface area contributed by atoms with E-state index in [4.69, 9.17) is 0 Å². The van der Waals surface area contributed by atoms with Gasteiger partial charge in [-0.2, -0.15) is 0 Å². The van der Waals surface area contributed by atoms with E-state index in [0.717, 1.165) is 0 Å². The molecule has 1 heteroatoms.